The quantitative estimate of drug-likeness (QED) is 0.871. The van der Waals surface area contributed by atoms with Gasteiger partial charge in [-0.15, -0.1) is 0 Å². The summed E-state index contributed by atoms with van der Waals surface area (Å²) >= 11 is 0. The van der Waals surface area contributed by atoms with E-state index in [4.69, 9.17) is 10.5 Å². The Hall–Kier alpha value is -2.19. The first-order chi connectivity index (χ1) is 12.2. The van der Waals surface area contributed by atoms with Crippen molar-refractivity contribution in [2.24, 2.45) is 7.05 Å². The molecular weight excluding hydrogens is 318 g/mol. The maximum atomic E-state index is 5.96. The molecule has 25 heavy (non-hydrogen) atoms. The van der Waals surface area contributed by atoms with E-state index in [0.29, 0.717) is 11.9 Å². The number of nitrogen functional groups attached to an aromatic ring is 1. The molecule has 2 N–H and O–H groups in total. The normalized spacial score (nSPS) is 21.8. The van der Waals surface area contributed by atoms with Crippen LogP contribution in [0.15, 0.2) is 18.5 Å². The number of piperazine rings is 1. The smallest absolute Gasteiger partial charge is 0.222 e. The van der Waals surface area contributed by atoms with Gasteiger partial charge in [0, 0.05) is 64.2 Å². The molecule has 2 aromatic heterocycles. The minimum Gasteiger partial charge on any atom is -0.381 e. The topological polar surface area (TPSA) is 85.3 Å². The molecule has 2 fully saturated rings. The molecule has 0 aliphatic carbocycles. The Kier molecular flexibility index (Phi) is 4.54. The third kappa shape index (κ3) is 3.59. The summed E-state index contributed by atoms with van der Waals surface area (Å²) in [6.07, 6.45) is 4.85. The van der Waals surface area contributed by atoms with E-state index in [1.54, 1.807) is 0 Å². The Bertz CT molecular complexity index is 718. The molecule has 0 bridgehead atoms. The molecule has 4 rings (SSSR count). The molecular formula is C17H25N7O. The number of imidazole rings is 1. The van der Waals surface area contributed by atoms with Crippen LogP contribution >= 0.6 is 0 Å². The highest BCUT2D eigenvalue weighted by molar-refractivity contribution is 5.45. The number of nitrogens with two attached hydrogens (primary N) is 1. The molecule has 0 saturated carbocycles. The Balaban J connectivity index is 1.41. The molecule has 4 heterocycles. The van der Waals surface area contributed by atoms with Crippen molar-refractivity contribution in [1.29, 1.82) is 0 Å². The van der Waals surface area contributed by atoms with Gasteiger partial charge in [0.1, 0.15) is 11.6 Å². The second kappa shape index (κ2) is 6.97. The van der Waals surface area contributed by atoms with Gasteiger partial charge in [0.25, 0.3) is 0 Å². The molecule has 134 valence electrons. The Labute approximate surface area is 147 Å². The zero-order valence-corrected chi connectivity index (χ0v) is 14.6. The minimum atomic E-state index is 0.341. The van der Waals surface area contributed by atoms with E-state index >= 15 is 0 Å². The number of rotatable bonds is 4. The van der Waals surface area contributed by atoms with Gasteiger partial charge >= 0.3 is 0 Å². The lowest BCUT2D eigenvalue weighted by Gasteiger charge is -2.35. The predicted molar refractivity (Wildman–Crippen MR) is 95.3 cm³/mol. The van der Waals surface area contributed by atoms with Crippen LogP contribution < -0.4 is 10.6 Å². The van der Waals surface area contributed by atoms with Gasteiger partial charge in [-0.25, -0.2) is 9.97 Å². The summed E-state index contributed by atoms with van der Waals surface area (Å²) in [5, 5.41) is 0. The van der Waals surface area contributed by atoms with Crippen LogP contribution in [0.5, 0.6) is 0 Å². The molecule has 1 atom stereocenters. The number of anilines is 2. The second-order valence-corrected chi connectivity index (χ2v) is 6.79. The molecule has 0 spiro atoms. The van der Waals surface area contributed by atoms with Crippen molar-refractivity contribution in [3.05, 3.63) is 30.0 Å². The molecule has 2 aliphatic heterocycles. The molecule has 0 aromatic carbocycles. The number of nitrogens with zero attached hydrogens (tertiary/aromatic N) is 6. The van der Waals surface area contributed by atoms with Gasteiger partial charge in [-0.1, -0.05) is 0 Å². The van der Waals surface area contributed by atoms with Crippen LogP contribution in [-0.2, 0) is 18.3 Å². The van der Waals surface area contributed by atoms with Gasteiger partial charge in [-0.3, -0.25) is 4.90 Å². The maximum Gasteiger partial charge on any atom is 0.222 e. The predicted octanol–water partition coefficient (Wildman–Crippen LogP) is 0.618. The Morgan fingerprint density at radius 1 is 1.24 bits per heavy atom. The van der Waals surface area contributed by atoms with Gasteiger partial charge in [0.15, 0.2) is 0 Å². The van der Waals surface area contributed by atoms with Crippen molar-refractivity contribution in [3.63, 3.8) is 0 Å². The summed E-state index contributed by atoms with van der Waals surface area (Å²) in [5.41, 5.74) is 6.97. The van der Waals surface area contributed by atoms with Gasteiger partial charge in [-0.2, -0.15) is 4.98 Å². The number of aryl methyl sites for hydroxylation is 1. The van der Waals surface area contributed by atoms with Crippen molar-refractivity contribution < 1.29 is 4.74 Å². The average molecular weight is 343 g/mol. The highest BCUT2D eigenvalue weighted by Crippen LogP contribution is 2.27. The lowest BCUT2D eigenvalue weighted by Crippen LogP contribution is -2.46. The third-order valence-corrected chi connectivity index (χ3v) is 5.08. The number of hydrogen-bond donors (Lipinski definition) is 1. The van der Waals surface area contributed by atoms with Crippen LogP contribution in [0.3, 0.4) is 0 Å². The zero-order chi connectivity index (χ0) is 17.2. The Morgan fingerprint density at radius 2 is 2.08 bits per heavy atom. The number of ether oxygens (including phenoxy) is 1. The van der Waals surface area contributed by atoms with Crippen molar-refractivity contribution in [2.45, 2.75) is 18.9 Å². The first-order valence-corrected chi connectivity index (χ1v) is 8.85. The van der Waals surface area contributed by atoms with Crippen LogP contribution in [0.4, 0.5) is 11.8 Å². The van der Waals surface area contributed by atoms with E-state index in [1.807, 2.05) is 19.4 Å². The summed E-state index contributed by atoms with van der Waals surface area (Å²) in [6, 6.07) is 2.09. The fourth-order valence-corrected chi connectivity index (χ4v) is 3.49. The van der Waals surface area contributed by atoms with Crippen molar-refractivity contribution >= 4 is 11.8 Å². The molecule has 8 heteroatoms. The number of aromatic nitrogens is 4. The van der Waals surface area contributed by atoms with Gasteiger partial charge in [0.2, 0.25) is 5.95 Å². The first-order valence-electron chi connectivity index (χ1n) is 8.85. The largest absolute Gasteiger partial charge is 0.381 e. The summed E-state index contributed by atoms with van der Waals surface area (Å²) in [7, 11) is 2.04. The van der Waals surface area contributed by atoms with Crippen LogP contribution in [0.1, 0.15) is 23.9 Å². The summed E-state index contributed by atoms with van der Waals surface area (Å²) < 4.78 is 7.56. The van der Waals surface area contributed by atoms with E-state index in [1.165, 1.54) is 0 Å². The standard InChI is InChI=1S/C17H25N7O/c1-22-4-3-19-16(22)11-23-5-7-24(8-6-23)15-10-14(20-17(18)21-15)13-2-9-25-12-13/h3-4,10,13H,2,5-9,11-12H2,1H3,(H2,18,20,21)/t13-/m1/s1. The van der Waals surface area contributed by atoms with Gasteiger partial charge < -0.3 is 19.9 Å². The van der Waals surface area contributed by atoms with Gasteiger partial charge in [0.05, 0.1) is 18.8 Å². The van der Waals surface area contributed by atoms with E-state index in [2.05, 4.69) is 35.4 Å². The van der Waals surface area contributed by atoms with Crippen LogP contribution in [0, 0.1) is 0 Å². The maximum absolute atomic E-state index is 5.96. The van der Waals surface area contributed by atoms with E-state index in [0.717, 1.165) is 69.7 Å². The highest BCUT2D eigenvalue weighted by atomic mass is 16.5. The third-order valence-electron chi connectivity index (χ3n) is 5.08. The summed E-state index contributed by atoms with van der Waals surface area (Å²) in [5.74, 6) is 2.73. The Morgan fingerprint density at radius 3 is 2.76 bits per heavy atom. The summed E-state index contributed by atoms with van der Waals surface area (Å²) in [6.45, 7) is 6.25. The van der Waals surface area contributed by atoms with Crippen molar-refractivity contribution in [1.82, 2.24) is 24.4 Å². The fraction of sp³-hybridized carbons (Fsp3) is 0.588. The molecule has 2 saturated heterocycles. The van der Waals surface area contributed by atoms with Crippen molar-refractivity contribution in [2.75, 3.05) is 50.0 Å². The van der Waals surface area contributed by atoms with E-state index < -0.39 is 0 Å². The van der Waals surface area contributed by atoms with Crippen LogP contribution in [0.25, 0.3) is 0 Å². The molecule has 0 unspecified atom stereocenters. The molecule has 2 aromatic rings. The lowest BCUT2D eigenvalue weighted by molar-refractivity contribution is 0.193. The molecule has 0 amide bonds. The van der Waals surface area contributed by atoms with Crippen LogP contribution in [-0.4, -0.2) is 63.8 Å². The molecule has 8 nitrogen and oxygen atoms in total. The minimum absolute atomic E-state index is 0.341. The average Bonchev–Trinajstić information content (AvgIpc) is 3.28. The zero-order valence-electron chi connectivity index (χ0n) is 14.6. The number of hydrogen-bond acceptors (Lipinski definition) is 7. The molecule has 2 aliphatic rings. The SMILES string of the molecule is Cn1ccnc1CN1CCN(c2cc([C@@H]3CCOC3)nc(N)n2)CC1. The van der Waals surface area contributed by atoms with E-state index in [9.17, 15) is 0 Å². The van der Waals surface area contributed by atoms with Crippen molar-refractivity contribution in [3.8, 4) is 0 Å². The first kappa shape index (κ1) is 16.3. The monoisotopic (exact) mass is 343 g/mol. The lowest BCUT2D eigenvalue weighted by atomic mass is 10.0. The fourth-order valence-electron chi connectivity index (χ4n) is 3.49. The van der Waals surface area contributed by atoms with Crippen LogP contribution in [0.2, 0.25) is 0 Å². The van der Waals surface area contributed by atoms with E-state index in [-0.39, 0.29) is 0 Å². The van der Waals surface area contributed by atoms with Gasteiger partial charge in [-0.05, 0) is 6.42 Å². The highest BCUT2D eigenvalue weighted by Gasteiger charge is 2.23. The molecule has 0 radical (unpaired) electrons. The summed E-state index contributed by atoms with van der Waals surface area (Å²) in [4.78, 5) is 18.0. The second-order valence-electron chi connectivity index (χ2n) is 6.79.